The Morgan fingerprint density at radius 2 is 1.79 bits per heavy atom. The predicted molar refractivity (Wildman–Crippen MR) is 190 cm³/mol. The molecule has 5 rings (SSSR count). The van der Waals surface area contributed by atoms with E-state index in [9.17, 15) is 14.7 Å². The number of carbonyl (C=O) groups is 2. The lowest BCUT2D eigenvalue weighted by Crippen LogP contribution is -2.29. The Hall–Kier alpha value is -4.06. The summed E-state index contributed by atoms with van der Waals surface area (Å²) in [6.07, 6.45) is 2.79. The molecule has 1 amide bonds. The van der Waals surface area contributed by atoms with E-state index in [0.29, 0.717) is 62.6 Å². The van der Waals surface area contributed by atoms with Gasteiger partial charge in [-0.2, -0.15) is 0 Å². The molecule has 4 aromatic rings. The van der Waals surface area contributed by atoms with Gasteiger partial charge in [0.2, 0.25) is 5.13 Å². The third kappa shape index (κ3) is 8.14. The molecule has 12 heteroatoms. The van der Waals surface area contributed by atoms with Crippen molar-refractivity contribution in [2.45, 2.75) is 56.2 Å². The molecule has 252 valence electrons. The number of rotatable bonds is 15. The fraction of sp³-hybridized carbons (Fsp3) is 0.333. The van der Waals surface area contributed by atoms with Gasteiger partial charge in [0.15, 0.2) is 15.8 Å². The van der Waals surface area contributed by atoms with Crippen LogP contribution in [0, 0.1) is 5.92 Å². The van der Waals surface area contributed by atoms with Crippen LogP contribution in [0.5, 0.6) is 17.2 Å². The zero-order valence-electron chi connectivity index (χ0n) is 27.3. The summed E-state index contributed by atoms with van der Waals surface area (Å²) in [7, 11) is 1.53. The maximum Gasteiger partial charge on any atom is 0.301 e. The van der Waals surface area contributed by atoms with Gasteiger partial charge in [0.25, 0.3) is 5.78 Å². The Bertz CT molecular complexity index is 1780. The lowest BCUT2D eigenvalue weighted by atomic mass is 9.95. The predicted octanol–water partition coefficient (Wildman–Crippen LogP) is 8.72. The number of ketones is 1. The second kappa shape index (κ2) is 16.4. The Kier molecular flexibility index (Phi) is 12.0. The molecular weight excluding hydrogens is 670 g/mol. The van der Waals surface area contributed by atoms with Crippen LogP contribution in [0.3, 0.4) is 0 Å². The first-order valence-electron chi connectivity index (χ1n) is 15.8. The minimum Gasteiger partial charge on any atom is -0.507 e. The summed E-state index contributed by atoms with van der Waals surface area (Å²) in [4.78, 5) is 28.8. The molecule has 1 saturated heterocycles. The van der Waals surface area contributed by atoms with Crippen molar-refractivity contribution in [3.8, 4) is 17.2 Å². The number of aliphatic hydroxyl groups is 1. The molecular formula is C36H38ClN3O6S2. The first kappa shape index (κ1) is 35.3. The van der Waals surface area contributed by atoms with Gasteiger partial charge in [0, 0.05) is 16.3 Å². The second-order valence-electron chi connectivity index (χ2n) is 11.6. The molecule has 0 bridgehead atoms. The Labute approximate surface area is 293 Å². The highest BCUT2D eigenvalue weighted by Crippen LogP contribution is 2.46. The van der Waals surface area contributed by atoms with E-state index in [1.54, 1.807) is 42.5 Å². The monoisotopic (exact) mass is 707 g/mol. The van der Waals surface area contributed by atoms with Crippen LogP contribution in [0.25, 0.3) is 5.76 Å². The summed E-state index contributed by atoms with van der Waals surface area (Å²) in [5.74, 6) is 0.653. The molecule has 1 fully saturated rings. The molecule has 2 heterocycles. The van der Waals surface area contributed by atoms with Crippen LogP contribution in [0.2, 0.25) is 5.02 Å². The number of unbranched alkanes of at least 4 members (excludes halogenated alkanes) is 1. The van der Waals surface area contributed by atoms with Crippen LogP contribution in [-0.4, -0.2) is 47.3 Å². The Morgan fingerprint density at radius 1 is 1.02 bits per heavy atom. The van der Waals surface area contributed by atoms with Gasteiger partial charge in [-0.1, -0.05) is 86.2 Å². The van der Waals surface area contributed by atoms with Crippen molar-refractivity contribution in [2.24, 2.45) is 5.92 Å². The molecule has 1 N–H and O–H groups in total. The number of thioether (sulfide) groups is 1. The molecule has 1 aliphatic rings. The van der Waals surface area contributed by atoms with Crippen molar-refractivity contribution in [2.75, 3.05) is 25.2 Å². The number of halogens is 1. The highest BCUT2D eigenvalue weighted by molar-refractivity contribution is 8.00. The van der Waals surface area contributed by atoms with Crippen molar-refractivity contribution >= 4 is 57.3 Å². The zero-order valence-corrected chi connectivity index (χ0v) is 29.7. The number of aromatic nitrogens is 2. The first-order chi connectivity index (χ1) is 23.2. The van der Waals surface area contributed by atoms with E-state index in [-0.39, 0.29) is 16.5 Å². The topological polar surface area (TPSA) is 111 Å². The van der Waals surface area contributed by atoms with Gasteiger partial charge in [-0.25, -0.2) is 0 Å². The smallest absolute Gasteiger partial charge is 0.301 e. The number of nitrogens with zero attached hydrogens (tertiary/aromatic N) is 3. The molecule has 1 aromatic heterocycles. The number of hydrogen-bond donors (Lipinski definition) is 1. The summed E-state index contributed by atoms with van der Waals surface area (Å²) in [6, 6.07) is 18.6. The third-order valence-corrected chi connectivity index (χ3v) is 10.2. The van der Waals surface area contributed by atoms with Crippen molar-refractivity contribution in [1.82, 2.24) is 10.2 Å². The van der Waals surface area contributed by atoms with Crippen LogP contribution >= 0.6 is 34.7 Å². The number of benzene rings is 3. The number of aliphatic hydroxyl groups excluding tert-OH is 1. The maximum absolute atomic E-state index is 13.8. The van der Waals surface area contributed by atoms with Gasteiger partial charge < -0.3 is 19.3 Å². The number of methoxy groups -OCH3 is 1. The number of hydrogen-bond acceptors (Lipinski definition) is 10. The van der Waals surface area contributed by atoms with Gasteiger partial charge in [-0.05, 0) is 72.4 Å². The van der Waals surface area contributed by atoms with Crippen molar-refractivity contribution in [3.05, 3.63) is 94.0 Å². The van der Waals surface area contributed by atoms with E-state index in [4.69, 9.17) is 25.8 Å². The lowest BCUT2D eigenvalue weighted by Gasteiger charge is -2.23. The first-order valence-corrected chi connectivity index (χ1v) is 17.9. The summed E-state index contributed by atoms with van der Waals surface area (Å²) in [5.41, 5.74) is 1.76. The van der Waals surface area contributed by atoms with Gasteiger partial charge in [0.05, 0.1) is 31.9 Å². The average molecular weight is 708 g/mol. The van der Waals surface area contributed by atoms with Crippen LogP contribution in [0.1, 0.15) is 62.8 Å². The number of ether oxygens (including phenoxy) is 3. The Balaban J connectivity index is 1.53. The number of anilines is 1. The fourth-order valence-corrected chi connectivity index (χ4v) is 7.19. The van der Waals surface area contributed by atoms with Crippen molar-refractivity contribution < 1.29 is 28.9 Å². The van der Waals surface area contributed by atoms with Crippen molar-refractivity contribution in [1.29, 1.82) is 0 Å². The summed E-state index contributed by atoms with van der Waals surface area (Å²) < 4.78 is 18.0. The van der Waals surface area contributed by atoms with E-state index in [1.807, 2.05) is 24.3 Å². The van der Waals surface area contributed by atoms with E-state index >= 15 is 0 Å². The summed E-state index contributed by atoms with van der Waals surface area (Å²) in [5, 5.41) is 21.1. The highest BCUT2D eigenvalue weighted by Gasteiger charge is 2.48. The lowest BCUT2D eigenvalue weighted by molar-refractivity contribution is -0.132. The molecule has 0 aliphatic carbocycles. The minimum atomic E-state index is -1.02. The van der Waals surface area contributed by atoms with Crippen LogP contribution in [0.4, 0.5) is 5.13 Å². The molecule has 3 aromatic carbocycles. The van der Waals surface area contributed by atoms with E-state index in [0.717, 1.165) is 24.8 Å². The SMILES string of the molecule is CCCCOc1ccc(/C(O)=C2\C(=O)C(=O)N(c3nnc(SCc4ccccc4Cl)s3)C2c2ccc(OCCC(C)C)c(OC)c2)cc1. The molecule has 0 radical (unpaired) electrons. The molecule has 0 saturated carbocycles. The van der Waals surface area contributed by atoms with Gasteiger partial charge in [-0.15, -0.1) is 10.2 Å². The number of Topliss-reactive ketones (excluding diaryl/α,β-unsaturated/α-hetero) is 1. The molecule has 1 unspecified atom stereocenters. The molecule has 0 spiro atoms. The van der Waals surface area contributed by atoms with Crippen LogP contribution < -0.4 is 19.1 Å². The standard InChI is InChI=1S/C36H38ClN3O6S2/c1-5-6-18-45-26-14-11-23(12-15-26)32(41)30-31(24-13-16-28(29(20-24)44-4)46-19-17-22(2)3)40(34(43)33(30)42)35-38-39-36(48-35)47-21-25-9-7-8-10-27(25)37/h7-16,20,22,31,41H,5-6,17-19,21H2,1-4H3/b32-30+. The van der Waals surface area contributed by atoms with E-state index in [2.05, 4.69) is 31.0 Å². The third-order valence-electron chi connectivity index (χ3n) is 7.71. The molecule has 1 atom stereocenters. The largest absolute Gasteiger partial charge is 0.507 e. The van der Waals surface area contributed by atoms with Crippen molar-refractivity contribution in [3.63, 3.8) is 0 Å². The van der Waals surface area contributed by atoms with Crippen LogP contribution in [-0.2, 0) is 15.3 Å². The number of amides is 1. The summed E-state index contributed by atoms with van der Waals surface area (Å²) >= 11 is 8.95. The van der Waals surface area contributed by atoms with Crippen LogP contribution in [0.15, 0.2) is 76.6 Å². The quantitative estimate of drug-likeness (QED) is 0.0324. The Morgan fingerprint density at radius 3 is 2.50 bits per heavy atom. The van der Waals surface area contributed by atoms with Gasteiger partial charge in [-0.3, -0.25) is 14.5 Å². The molecule has 1 aliphatic heterocycles. The maximum atomic E-state index is 13.8. The number of carbonyl (C=O) groups excluding carboxylic acids is 2. The molecule has 48 heavy (non-hydrogen) atoms. The minimum absolute atomic E-state index is 0.0735. The summed E-state index contributed by atoms with van der Waals surface area (Å²) in [6.45, 7) is 7.40. The fourth-order valence-electron chi connectivity index (χ4n) is 5.04. The molecule has 9 nitrogen and oxygen atoms in total. The van der Waals surface area contributed by atoms with E-state index in [1.165, 1.54) is 35.1 Å². The van der Waals surface area contributed by atoms with Gasteiger partial charge >= 0.3 is 5.91 Å². The average Bonchev–Trinajstić information content (AvgIpc) is 3.66. The highest BCUT2D eigenvalue weighted by atomic mass is 35.5. The second-order valence-corrected chi connectivity index (χ2v) is 14.2. The zero-order chi connectivity index (χ0) is 34.2. The van der Waals surface area contributed by atoms with E-state index < -0.39 is 17.7 Å². The normalized spacial score (nSPS) is 15.7. The van der Waals surface area contributed by atoms with Gasteiger partial charge in [0.1, 0.15) is 11.5 Å².